The number of nitrogens with zero attached hydrogens (tertiary/aromatic N) is 1. The Morgan fingerprint density at radius 1 is 0.780 bits per heavy atom. The van der Waals surface area contributed by atoms with Crippen LogP contribution in [0.1, 0.15) is 84.5 Å². The Labute approximate surface area is 248 Å². The number of likely N-dealkylation sites (N-methyl/N-ethyl adjacent to an activating group) is 1. The van der Waals surface area contributed by atoms with Crippen LogP contribution < -0.4 is 0 Å². The third-order valence-electron chi connectivity index (χ3n) is 5.64. The minimum Gasteiger partial charge on any atom is -0.462 e. The van der Waals surface area contributed by atoms with E-state index in [1.165, 1.54) is 0 Å². The number of hydrogen-bond donors (Lipinski definition) is 1. The van der Waals surface area contributed by atoms with Crippen molar-refractivity contribution in [3.63, 3.8) is 0 Å². The van der Waals surface area contributed by atoms with Crippen molar-refractivity contribution in [3.05, 3.63) is 48.6 Å². The van der Waals surface area contributed by atoms with Crippen LogP contribution in [0, 0.1) is 0 Å². The number of phosphoric acid groups is 1. The number of allylic oxidation sites excluding steroid dienone is 8. The molecule has 236 valence electrons. The summed E-state index contributed by atoms with van der Waals surface area (Å²) in [6, 6.07) is 0. The highest BCUT2D eigenvalue weighted by Crippen LogP contribution is 2.43. The van der Waals surface area contributed by atoms with Crippen molar-refractivity contribution in [2.75, 3.05) is 47.5 Å². The lowest BCUT2D eigenvalue weighted by atomic mass is 10.2. The average Bonchev–Trinajstić information content (AvgIpc) is 2.90. The number of esters is 2. The number of carbonyl (C=O) groups is 2. The molecule has 9 nitrogen and oxygen atoms in total. The number of quaternary nitrogens is 1. The van der Waals surface area contributed by atoms with Crippen LogP contribution in [0.4, 0.5) is 0 Å². The predicted molar refractivity (Wildman–Crippen MR) is 164 cm³/mol. The summed E-state index contributed by atoms with van der Waals surface area (Å²) in [6.45, 7) is 4.02. The molecule has 0 spiro atoms. The molecule has 0 aromatic carbocycles. The maximum absolute atomic E-state index is 12.4. The van der Waals surface area contributed by atoms with E-state index in [2.05, 4.69) is 50.3 Å². The van der Waals surface area contributed by atoms with Crippen molar-refractivity contribution < 1.29 is 42.1 Å². The van der Waals surface area contributed by atoms with E-state index in [4.69, 9.17) is 18.5 Å². The summed E-state index contributed by atoms with van der Waals surface area (Å²) in [7, 11) is 1.42. The van der Waals surface area contributed by atoms with Crippen LogP contribution in [0.5, 0.6) is 0 Å². The monoisotopic (exact) mass is 600 g/mol. The third-order valence-corrected chi connectivity index (χ3v) is 6.62. The van der Waals surface area contributed by atoms with Crippen LogP contribution >= 0.6 is 7.82 Å². The largest absolute Gasteiger partial charge is 0.472 e. The normalized spacial score (nSPS) is 14.8. The van der Waals surface area contributed by atoms with Gasteiger partial charge < -0.3 is 18.9 Å². The van der Waals surface area contributed by atoms with Gasteiger partial charge >= 0.3 is 19.8 Å². The SMILES string of the molecule is CC/C=C\C/C=C\C/C=C\C/C=C\CCC(=O)OC(COC(=O)CCCCCC)COP(=O)(O)OCC[N+](C)(C)C. The fraction of sp³-hybridized carbons (Fsp3) is 0.677. The lowest BCUT2D eigenvalue weighted by molar-refractivity contribution is -0.870. The summed E-state index contributed by atoms with van der Waals surface area (Å²) >= 11 is 0. The van der Waals surface area contributed by atoms with Gasteiger partial charge in [-0.2, -0.15) is 0 Å². The lowest BCUT2D eigenvalue weighted by Crippen LogP contribution is -2.37. The minimum atomic E-state index is -4.37. The molecule has 0 amide bonds. The van der Waals surface area contributed by atoms with Gasteiger partial charge in [-0.05, 0) is 38.5 Å². The number of ether oxygens (including phenoxy) is 2. The molecule has 0 aliphatic rings. The molecule has 0 heterocycles. The first-order valence-electron chi connectivity index (χ1n) is 14.9. The molecule has 0 saturated heterocycles. The fourth-order valence-corrected chi connectivity index (χ4v) is 4.00. The summed E-state index contributed by atoms with van der Waals surface area (Å²) in [5, 5.41) is 0. The van der Waals surface area contributed by atoms with Crippen molar-refractivity contribution in [1.29, 1.82) is 0 Å². The highest BCUT2D eigenvalue weighted by molar-refractivity contribution is 7.47. The van der Waals surface area contributed by atoms with E-state index in [9.17, 15) is 19.0 Å². The van der Waals surface area contributed by atoms with Crippen LogP contribution in [-0.4, -0.2) is 74.9 Å². The molecule has 0 radical (unpaired) electrons. The van der Waals surface area contributed by atoms with Crippen molar-refractivity contribution in [1.82, 2.24) is 0 Å². The van der Waals surface area contributed by atoms with Crippen LogP contribution in [0.3, 0.4) is 0 Å². The van der Waals surface area contributed by atoms with E-state index < -0.39 is 32.5 Å². The van der Waals surface area contributed by atoms with E-state index in [1.54, 1.807) is 0 Å². The molecule has 0 aliphatic heterocycles. The lowest BCUT2D eigenvalue weighted by Gasteiger charge is -2.24. The van der Waals surface area contributed by atoms with Gasteiger partial charge in [0.05, 0.1) is 27.7 Å². The van der Waals surface area contributed by atoms with Crippen LogP contribution in [0.2, 0.25) is 0 Å². The molecule has 2 atom stereocenters. The Kier molecular flexibility index (Phi) is 23.3. The number of carbonyl (C=O) groups excluding carboxylic acids is 2. The first-order chi connectivity index (χ1) is 19.5. The second kappa shape index (κ2) is 24.6. The highest BCUT2D eigenvalue weighted by atomic mass is 31.2. The Balaban J connectivity index is 4.64. The first kappa shape index (κ1) is 39.0. The Hall–Kier alpha value is -2.03. The summed E-state index contributed by atoms with van der Waals surface area (Å²) in [5.41, 5.74) is 0. The Morgan fingerprint density at radius 3 is 1.98 bits per heavy atom. The highest BCUT2D eigenvalue weighted by Gasteiger charge is 2.26. The fourth-order valence-electron chi connectivity index (χ4n) is 3.26. The molecule has 0 rings (SSSR count). The Morgan fingerprint density at radius 2 is 1.39 bits per heavy atom. The van der Waals surface area contributed by atoms with Crippen molar-refractivity contribution in [3.8, 4) is 0 Å². The van der Waals surface area contributed by atoms with E-state index in [0.29, 0.717) is 23.9 Å². The van der Waals surface area contributed by atoms with Crippen LogP contribution in [0.15, 0.2) is 48.6 Å². The first-order valence-corrected chi connectivity index (χ1v) is 16.4. The van der Waals surface area contributed by atoms with E-state index >= 15 is 0 Å². The van der Waals surface area contributed by atoms with Gasteiger partial charge in [-0.3, -0.25) is 18.6 Å². The van der Waals surface area contributed by atoms with Gasteiger partial charge in [0.1, 0.15) is 19.8 Å². The Bertz CT molecular complexity index is 861. The number of phosphoric ester groups is 1. The van der Waals surface area contributed by atoms with Gasteiger partial charge in [-0.15, -0.1) is 0 Å². The maximum Gasteiger partial charge on any atom is 0.472 e. The molecule has 1 N–H and O–H groups in total. The number of rotatable bonds is 25. The zero-order valence-corrected chi connectivity index (χ0v) is 26.9. The van der Waals surface area contributed by atoms with Crippen molar-refractivity contribution in [2.45, 2.75) is 90.6 Å². The van der Waals surface area contributed by atoms with Crippen molar-refractivity contribution in [2.24, 2.45) is 0 Å². The molecule has 0 bridgehead atoms. The van der Waals surface area contributed by atoms with E-state index in [1.807, 2.05) is 33.3 Å². The van der Waals surface area contributed by atoms with Crippen LogP contribution in [0.25, 0.3) is 0 Å². The molecule has 0 aromatic heterocycles. The summed E-state index contributed by atoms with van der Waals surface area (Å²) in [5.74, 6) is -0.924. The quantitative estimate of drug-likeness (QED) is 0.0399. The van der Waals surface area contributed by atoms with Crippen molar-refractivity contribution >= 4 is 19.8 Å². The van der Waals surface area contributed by atoms with Gasteiger partial charge in [-0.25, -0.2) is 4.57 Å². The van der Waals surface area contributed by atoms with Crippen LogP contribution in [-0.2, 0) is 32.7 Å². The second-order valence-electron chi connectivity index (χ2n) is 10.8. The molecule has 0 aromatic rings. The summed E-state index contributed by atoms with van der Waals surface area (Å²) < 4.78 is 33.6. The second-order valence-corrected chi connectivity index (χ2v) is 12.2. The topological polar surface area (TPSA) is 108 Å². The number of hydrogen-bond acceptors (Lipinski definition) is 7. The zero-order chi connectivity index (χ0) is 30.8. The molecule has 10 heteroatoms. The third kappa shape index (κ3) is 27.9. The molecule has 41 heavy (non-hydrogen) atoms. The van der Waals surface area contributed by atoms with Gasteiger partial charge in [-0.1, -0.05) is 81.7 Å². The minimum absolute atomic E-state index is 0.0172. The molecular weight excluding hydrogens is 545 g/mol. The summed E-state index contributed by atoms with van der Waals surface area (Å²) in [4.78, 5) is 34.5. The van der Waals surface area contributed by atoms with Gasteiger partial charge in [0.25, 0.3) is 0 Å². The molecule has 0 aliphatic carbocycles. The van der Waals surface area contributed by atoms with Gasteiger partial charge in [0, 0.05) is 12.8 Å². The molecule has 2 unspecified atom stereocenters. The molecular formula is C31H55NO8P+. The summed E-state index contributed by atoms with van der Waals surface area (Å²) in [6.07, 6.45) is 23.9. The zero-order valence-electron chi connectivity index (χ0n) is 26.0. The molecule has 0 saturated carbocycles. The average molecular weight is 601 g/mol. The van der Waals surface area contributed by atoms with E-state index in [-0.39, 0.29) is 26.1 Å². The van der Waals surface area contributed by atoms with Gasteiger partial charge in [0.15, 0.2) is 6.10 Å². The predicted octanol–water partition coefficient (Wildman–Crippen LogP) is 6.84. The molecule has 0 fully saturated rings. The van der Waals surface area contributed by atoms with Gasteiger partial charge in [0.2, 0.25) is 0 Å². The maximum atomic E-state index is 12.4. The number of unbranched alkanes of at least 4 members (excludes halogenated alkanes) is 3. The standard InChI is InChI=1S/C31H54NO8P/c1-6-8-10-12-13-14-15-16-17-18-19-20-22-24-31(34)40-29(27-37-30(33)23-21-11-9-7-2)28-39-41(35,36)38-26-25-32(3,4)5/h8,10,13-14,16-17,19-20,29H,6-7,9,11-12,15,18,21-28H2,1-5H3/p+1/b10-8-,14-13-,17-16-,20-19-. The van der Waals surface area contributed by atoms with E-state index in [0.717, 1.165) is 44.9 Å². The smallest absolute Gasteiger partial charge is 0.462 e.